The Kier molecular flexibility index (Phi) is 3.83. The molecule has 0 amide bonds. The summed E-state index contributed by atoms with van der Waals surface area (Å²) >= 11 is 0. The van der Waals surface area contributed by atoms with Gasteiger partial charge in [0.15, 0.2) is 0 Å². The van der Waals surface area contributed by atoms with Gasteiger partial charge in [0.05, 0.1) is 5.60 Å². The first-order valence-electron chi connectivity index (χ1n) is 5.11. The summed E-state index contributed by atoms with van der Waals surface area (Å²) in [6, 6.07) is 4.51. The second-order valence-corrected chi connectivity index (χ2v) is 4.09. The molecule has 2 N–H and O–H groups in total. The van der Waals surface area contributed by atoms with Gasteiger partial charge >= 0.3 is 0 Å². The molecule has 1 aromatic rings. The van der Waals surface area contributed by atoms with Crippen LogP contribution in [0, 0.1) is 12.7 Å². The molecule has 1 rings (SSSR count). The zero-order valence-corrected chi connectivity index (χ0v) is 9.47. The summed E-state index contributed by atoms with van der Waals surface area (Å²) in [6.07, 6.45) is 0.563. The van der Waals surface area contributed by atoms with Crippen LogP contribution in [0.3, 0.4) is 0 Å². The molecule has 84 valence electrons. The highest BCUT2D eigenvalue weighted by Crippen LogP contribution is 2.27. The van der Waals surface area contributed by atoms with E-state index in [1.807, 2.05) is 14.0 Å². The van der Waals surface area contributed by atoms with E-state index in [0.717, 1.165) is 5.56 Å². The average molecular weight is 211 g/mol. The van der Waals surface area contributed by atoms with Gasteiger partial charge in [0.2, 0.25) is 0 Å². The minimum Gasteiger partial charge on any atom is -0.385 e. The number of hydrogen-bond donors (Lipinski definition) is 2. The van der Waals surface area contributed by atoms with E-state index in [9.17, 15) is 9.50 Å². The number of benzene rings is 1. The largest absolute Gasteiger partial charge is 0.385 e. The highest BCUT2D eigenvalue weighted by atomic mass is 19.1. The highest BCUT2D eigenvalue weighted by Gasteiger charge is 2.24. The van der Waals surface area contributed by atoms with Crippen molar-refractivity contribution < 1.29 is 9.50 Å². The minimum absolute atomic E-state index is 0.305. The van der Waals surface area contributed by atoms with Crippen LogP contribution in [0.4, 0.5) is 4.39 Å². The Hall–Kier alpha value is -0.930. The molecule has 15 heavy (non-hydrogen) atoms. The Morgan fingerprint density at radius 2 is 2.13 bits per heavy atom. The Bertz CT molecular complexity index is 336. The van der Waals surface area contributed by atoms with E-state index in [-0.39, 0.29) is 5.82 Å². The fraction of sp³-hybridized carbons (Fsp3) is 0.500. The summed E-state index contributed by atoms with van der Waals surface area (Å²) < 4.78 is 13.1. The van der Waals surface area contributed by atoms with Gasteiger partial charge in [-0.25, -0.2) is 4.39 Å². The van der Waals surface area contributed by atoms with Crippen molar-refractivity contribution in [1.82, 2.24) is 5.32 Å². The van der Waals surface area contributed by atoms with Crippen molar-refractivity contribution in [3.05, 3.63) is 35.1 Å². The van der Waals surface area contributed by atoms with Crippen LogP contribution in [0.25, 0.3) is 0 Å². The van der Waals surface area contributed by atoms with Crippen LogP contribution in [0.15, 0.2) is 18.2 Å². The molecule has 0 spiro atoms. The maximum Gasteiger partial charge on any atom is 0.123 e. The fourth-order valence-corrected chi connectivity index (χ4v) is 1.68. The van der Waals surface area contributed by atoms with Crippen molar-refractivity contribution in [2.75, 3.05) is 13.6 Å². The zero-order chi connectivity index (χ0) is 11.5. The molecule has 0 bridgehead atoms. The van der Waals surface area contributed by atoms with E-state index in [0.29, 0.717) is 18.5 Å². The molecule has 0 saturated heterocycles. The van der Waals surface area contributed by atoms with Crippen LogP contribution in [-0.4, -0.2) is 18.7 Å². The van der Waals surface area contributed by atoms with E-state index < -0.39 is 5.60 Å². The third-order valence-corrected chi connectivity index (χ3v) is 2.64. The van der Waals surface area contributed by atoms with E-state index in [2.05, 4.69) is 5.32 Å². The third-order valence-electron chi connectivity index (χ3n) is 2.64. The van der Waals surface area contributed by atoms with Gasteiger partial charge in [-0.3, -0.25) is 0 Å². The molecule has 0 heterocycles. The maximum atomic E-state index is 13.1. The molecule has 0 aliphatic carbocycles. The number of aryl methyl sites for hydroxylation is 1. The van der Waals surface area contributed by atoms with Crippen LogP contribution in [-0.2, 0) is 5.60 Å². The van der Waals surface area contributed by atoms with E-state index in [1.54, 1.807) is 13.0 Å². The van der Waals surface area contributed by atoms with Gasteiger partial charge in [-0.1, -0.05) is 6.07 Å². The van der Waals surface area contributed by atoms with Crippen molar-refractivity contribution >= 4 is 0 Å². The normalized spacial score (nSPS) is 15.0. The molecule has 0 saturated carbocycles. The first-order valence-corrected chi connectivity index (χ1v) is 5.11. The minimum atomic E-state index is -0.977. The molecule has 0 aliphatic rings. The van der Waals surface area contributed by atoms with Gasteiger partial charge < -0.3 is 10.4 Å². The molecule has 3 heteroatoms. The van der Waals surface area contributed by atoms with Crippen LogP contribution < -0.4 is 5.32 Å². The van der Waals surface area contributed by atoms with Gasteiger partial charge in [0, 0.05) is 0 Å². The van der Waals surface area contributed by atoms with E-state index in [4.69, 9.17) is 0 Å². The Morgan fingerprint density at radius 3 is 2.73 bits per heavy atom. The Labute approximate surface area is 90.1 Å². The number of hydrogen-bond acceptors (Lipinski definition) is 2. The molecule has 0 radical (unpaired) electrons. The summed E-state index contributed by atoms with van der Waals surface area (Å²) in [4.78, 5) is 0. The molecule has 0 fully saturated rings. The molecule has 1 unspecified atom stereocenters. The van der Waals surface area contributed by atoms with Crippen LogP contribution in [0.2, 0.25) is 0 Å². The molecule has 1 aromatic carbocycles. The smallest absolute Gasteiger partial charge is 0.123 e. The predicted octanol–water partition coefficient (Wildman–Crippen LogP) is 1.95. The first-order chi connectivity index (χ1) is 6.97. The lowest BCUT2D eigenvalue weighted by molar-refractivity contribution is 0.0476. The van der Waals surface area contributed by atoms with Gasteiger partial charge in [-0.15, -0.1) is 0 Å². The predicted molar refractivity (Wildman–Crippen MR) is 59.3 cm³/mol. The first kappa shape index (κ1) is 12.1. The molecule has 1 atom stereocenters. The summed E-state index contributed by atoms with van der Waals surface area (Å²) in [5, 5.41) is 13.2. The second kappa shape index (κ2) is 4.73. The van der Waals surface area contributed by atoms with Gasteiger partial charge in [0.25, 0.3) is 0 Å². The van der Waals surface area contributed by atoms with Crippen LogP contribution in [0.1, 0.15) is 24.5 Å². The van der Waals surface area contributed by atoms with Crippen molar-refractivity contribution in [2.45, 2.75) is 25.9 Å². The second-order valence-electron chi connectivity index (χ2n) is 4.09. The van der Waals surface area contributed by atoms with Gasteiger partial charge in [-0.2, -0.15) is 0 Å². The lowest BCUT2D eigenvalue weighted by atomic mass is 9.89. The summed E-state index contributed by atoms with van der Waals surface area (Å²) in [7, 11) is 1.83. The van der Waals surface area contributed by atoms with E-state index >= 15 is 0 Å². The van der Waals surface area contributed by atoms with Crippen LogP contribution in [0.5, 0.6) is 0 Å². The van der Waals surface area contributed by atoms with Crippen molar-refractivity contribution in [3.8, 4) is 0 Å². The lowest BCUT2D eigenvalue weighted by Crippen LogP contribution is -2.27. The Balaban J connectivity index is 2.97. The van der Waals surface area contributed by atoms with E-state index in [1.165, 1.54) is 12.1 Å². The SMILES string of the molecule is CNCCC(C)(O)c1cc(F)ccc1C. The fourth-order valence-electron chi connectivity index (χ4n) is 1.68. The number of nitrogens with one attached hydrogen (secondary N) is 1. The quantitative estimate of drug-likeness (QED) is 0.798. The number of halogens is 1. The monoisotopic (exact) mass is 211 g/mol. The zero-order valence-electron chi connectivity index (χ0n) is 9.47. The third kappa shape index (κ3) is 3.01. The van der Waals surface area contributed by atoms with Crippen LogP contribution >= 0.6 is 0 Å². The standard InChI is InChI=1S/C12H18FNO/c1-9-4-5-10(13)8-11(9)12(2,15)6-7-14-3/h4-5,8,14-15H,6-7H2,1-3H3. The highest BCUT2D eigenvalue weighted by molar-refractivity contribution is 5.31. The van der Waals surface area contributed by atoms with Gasteiger partial charge in [0.1, 0.15) is 5.82 Å². The molecular weight excluding hydrogens is 193 g/mol. The van der Waals surface area contributed by atoms with Crippen molar-refractivity contribution in [2.24, 2.45) is 0 Å². The lowest BCUT2D eigenvalue weighted by Gasteiger charge is -2.25. The van der Waals surface area contributed by atoms with Crippen molar-refractivity contribution in [3.63, 3.8) is 0 Å². The molecule has 2 nitrogen and oxygen atoms in total. The summed E-state index contributed by atoms with van der Waals surface area (Å²) in [5.41, 5.74) is 0.602. The van der Waals surface area contributed by atoms with Gasteiger partial charge in [-0.05, 0) is 57.1 Å². The number of rotatable bonds is 4. The Morgan fingerprint density at radius 1 is 1.47 bits per heavy atom. The summed E-state index contributed by atoms with van der Waals surface area (Å²) in [6.45, 7) is 4.29. The maximum absolute atomic E-state index is 13.1. The molecule has 0 aromatic heterocycles. The molecular formula is C12H18FNO. The molecule has 0 aliphatic heterocycles. The number of aliphatic hydroxyl groups is 1. The topological polar surface area (TPSA) is 32.3 Å². The van der Waals surface area contributed by atoms with Crippen molar-refractivity contribution in [1.29, 1.82) is 0 Å². The average Bonchev–Trinajstić information content (AvgIpc) is 2.18. The summed E-state index contributed by atoms with van der Waals surface area (Å²) in [5.74, 6) is -0.305.